The second-order valence-electron chi connectivity index (χ2n) is 9.07. The smallest absolute Gasteiger partial charge is 0.416 e. The van der Waals surface area contributed by atoms with E-state index in [1.54, 1.807) is 23.2 Å². The van der Waals surface area contributed by atoms with Gasteiger partial charge in [0.1, 0.15) is 12.1 Å². The maximum absolute atomic E-state index is 13.2. The molecule has 0 bridgehead atoms. The molecule has 1 aliphatic heterocycles. The molecule has 0 spiro atoms. The fraction of sp³-hybridized carbons (Fsp3) is 0.259. The average molecular weight is 524 g/mol. The summed E-state index contributed by atoms with van der Waals surface area (Å²) in [5.41, 5.74) is 1.85. The molecule has 0 atom stereocenters. The molecule has 3 heterocycles. The molecule has 1 fully saturated rings. The number of methoxy groups -OCH3 is 1. The first kappa shape index (κ1) is 25.2. The summed E-state index contributed by atoms with van der Waals surface area (Å²) in [5.74, 6) is -0.540. The molecule has 11 heteroatoms. The Morgan fingerprint density at radius 2 is 1.74 bits per heavy atom. The Kier molecular flexibility index (Phi) is 6.75. The Balaban J connectivity index is 1.20. The van der Waals surface area contributed by atoms with Crippen molar-refractivity contribution in [3.63, 3.8) is 0 Å². The molecule has 1 aliphatic rings. The number of amides is 2. The molecule has 1 saturated heterocycles. The molecule has 2 amide bonds. The molecule has 38 heavy (non-hydrogen) atoms. The number of rotatable bonds is 5. The van der Waals surface area contributed by atoms with E-state index in [9.17, 15) is 22.8 Å². The molecule has 4 aromatic rings. The van der Waals surface area contributed by atoms with Gasteiger partial charge in [-0.25, -0.2) is 9.50 Å². The summed E-state index contributed by atoms with van der Waals surface area (Å²) >= 11 is 0. The lowest BCUT2D eigenvalue weighted by molar-refractivity contribution is -0.137. The SMILES string of the molecule is COc1cc(C(=O)N2CCC(c3ccc(NC(=O)c4ccc5ncnn5c4)cc3)CC2)cc(C(F)(F)F)c1. The number of nitrogens with one attached hydrogen (secondary N) is 1. The van der Waals surface area contributed by atoms with Gasteiger partial charge in [-0.3, -0.25) is 9.59 Å². The van der Waals surface area contributed by atoms with Gasteiger partial charge in [0.15, 0.2) is 5.65 Å². The molecule has 196 valence electrons. The number of carbonyl (C=O) groups is 2. The van der Waals surface area contributed by atoms with Gasteiger partial charge < -0.3 is 15.0 Å². The van der Waals surface area contributed by atoms with Crippen LogP contribution in [-0.4, -0.2) is 51.5 Å². The number of nitrogens with zero attached hydrogens (tertiary/aromatic N) is 4. The normalized spacial score (nSPS) is 14.5. The molecule has 2 aromatic heterocycles. The van der Waals surface area contributed by atoms with Crippen LogP contribution in [0.25, 0.3) is 5.65 Å². The van der Waals surface area contributed by atoms with Crippen molar-refractivity contribution >= 4 is 23.1 Å². The number of likely N-dealkylation sites (tertiary alicyclic amines) is 1. The number of hydrogen-bond donors (Lipinski definition) is 1. The van der Waals surface area contributed by atoms with Crippen molar-refractivity contribution in [1.82, 2.24) is 19.5 Å². The van der Waals surface area contributed by atoms with Crippen LogP contribution in [-0.2, 0) is 6.18 Å². The van der Waals surface area contributed by atoms with Crippen molar-refractivity contribution in [3.05, 3.63) is 89.4 Å². The van der Waals surface area contributed by atoms with Gasteiger partial charge in [0.05, 0.1) is 18.2 Å². The van der Waals surface area contributed by atoms with Crippen molar-refractivity contribution in [2.24, 2.45) is 0 Å². The second-order valence-corrected chi connectivity index (χ2v) is 9.07. The van der Waals surface area contributed by atoms with Crippen LogP contribution in [0.1, 0.15) is 50.6 Å². The summed E-state index contributed by atoms with van der Waals surface area (Å²) in [7, 11) is 1.27. The number of hydrogen-bond acceptors (Lipinski definition) is 5. The average Bonchev–Trinajstić information content (AvgIpc) is 3.40. The molecule has 0 aliphatic carbocycles. The number of carbonyl (C=O) groups excluding carboxylic acids is 2. The van der Waals surface area contributed by atoms with Crippen LogP contribution in [0.15, 0.2) is 67.1 Å². The van der Waals surface area contributed by atoms with Gasteiger partial charge in [0, 0.05) is 30.5 Å². The van der Waals surface area contributed by atoms with E-state index >= 15 is 0 Å². The number of benzene rings is 2. The van der Waals surface area contributed by atoms with Gasteiger partial charge in [0.25, 0.3) is 11.8 Å². The summed E-state index contributed by atoms with van der Waals surface area (Å²) in [4.78, 5) is 31.2. The summed E-state index contributed by atoms with van der Waals surface area (Å²) in [5, 5.41) is 6.90. The van der Waals surface area contributed by atoms with Gasteiger partial charge in [-0.1, -0.05) is 12.1 Å². The molecule has 1 N–H and O–H groups in total. The first-order valence-corrected chi connectivity index (χ1v) is 12.0. The highest BCUT2D eigenvalue weighted by Crippen LogP contribution is 2.34. The van der Waals surface area contributed by atoms with Crippen LogP contribution in [0.4, 0.5) is 18.9 Å². The molecule has 8 nitrogen and oxygen atoms in total. The number of anilines is 1. The van der Waals surface area contributed by atoms with Gasteiger partial charge in [-0.15, -0.1) is 0 Å². The number of ether oxygens (including phenoxy) is 1. The third kappa shape index (κ3) is 5.31. The van der Waals surface area contributed by atoms with E-state index in [4.69, 9.17) is 4.74 Å². The van der Waals surface area contributed by atoms with Gasteiger partial charge in [-0.2, -0.15) is 18.3 Å². The molecular formula is C27H24F3N5O3. The van der Waals surface area contributed by atoms with Crippen molar-refractivity contribution in [2.75, 3.05) is 25.5 Å². The number of halogens is 3. The largest absolute Gasteiger partial charge is 0.497 e. The van der Waals surface area contributed by atoms with Crippen molar-refractivity contribution < 1.29 is 27.5 Å². The van der Waals surface area contributed by atoms with Crippen molar-refractivity contribution in [1.29, 1.82) is 0 Å². The lowest BCUT2D eigenvalue weighted by Gasteiger charge is -2.32. The minimum absolute atomic E-state index is 0.0100. The Bertz CT molecular complexity index is 1480. The fourth-order valence-electron chi connectivity index (χ4n) is 4.60. The van der Waals surface area contributed by atoms with E-state index in [0.717, 1.165) is 17.7 Å². The van der Waals surface area contributed by atoms with Crippen molar-refractivity contribution in [2.45, 2.75) is 24.9 Å². The first-order valence-electron chi connectivity index (χ1n) is 12.0. The molecule has 5 rings (SSSR count). The predicted molar refractivity (Wildman–Crippen MR) is 133 cm³/mol. The summed E-state index contributed by atoms with van der Waals surface area (Å²) < 4.78 is 46.2. The maximum atomic E-state index is 13.2. The van der Waals surface area contributed by atoms with Crippen molar-refractivity contribution in [3.8, 4) is 5.75 Å². The van der Waals surface area contributed by atoms with Crippen LogP contribution >= 0.6 is 0 Å². The number of aromatic nitrogens is 3. The van der Waals surface area contributed by atoms with Crippen LogP contribution in [0, 0.1) is 0 Å². The van der Waals surface area contributed by atoms with E-state index < -0.39 is 17.6 Å². The maximum Gasteiger partial charge on any atom is 0.416 e. The van der Waals surface area contributed by atoms with E-state index in [-0.39, 0.29) is 23.1 Å². The van der Waals surface area contributed by atoms with Crippen LogP contribution in [0.3, 0.4) is 0 Å². The van der Waals surface area contributed by atoms with E-state index in [1.165, 1.54) is 24.0 Å². The minimum atomic E-state index is -4.58. The second kappa shape index (κ2) is 10.2. The predicted octanol–water partition coefficient (Wildman–Crippen LogP) is 5.03. The Morgan fingerprint density at radius 3 is 2.42 bits per heavy atom. The quantitative estimate of drug-likeness (QED) is 0.397. The fourth-order valence-corrected chi connectivity index (χ4v) is 4.60. The highest BCUT2D eigenvalue weighted by molar-refractivity contribution is 6.04. The number of pyridine rings is 1. The zero-order valence-corrected chi connectivity index (χ0v) is 20.4. The molecule has 2 aromatic carbocycles. The standard InChI is InChI=1S/C27H24F3N5O3/c1-38-23-13-20(12-21(14-23)27(28,29)30)26(37)34-10-8-18(9-11-34)17-2-5-22(6-3-17)33-25(36)19-4-7-24-31-16-32-35(24)15-19/h2-7,12-16,18H,8-11H2,1H3,(H,33,36). The monoisotopic (exact) mass is 523 g/mol. The lowest BCUT2D eigenvalue weighted by Crippen LogP contribution is -2.38. The van der Waals surface area contributed by atoms with Crippen LogP contribution in [0.5, 0.6) is 5.75 Å². The number of alkyl halides is 3. The summed E-state index contributed by atoms with van der Waals surface area (Å²) in [6.45, 7) is 0.844. The number of piperidine rings is 1. The highest BCUT2D eigenvalue weighted by atomic mass is 19.4. The molecule has 0 unspecified atom stereocenters. The van der Waals surface area contributed by atoms with Gasteiger partial charge in [-0.05, 0) is 66.8 Å². The Morgan fingerprint density at radius 1 is 1.00 bits per heavy atom. The van der Waals surface area contributed by atoms with Crippen LogP contribution < -0.4 is 10.1 Å². The Hall–Kier alpha value is -4.41. The third-order valence-corrected chi connectivity index (χ3v) is 6.67. The summed E-state index contributed by atoms with van der Waals surface area (Å²) in [6.07, 6.45) is -0.209. The molecular weight excluding hydrogens is 499 g/mol. The molecule has 0 radical (unpaired) electrons. The zero-order chi connectivity index (χ0) is 26.9. The number of fused-ring (bicyclic) bond motifs is 1. The first-order chi connectivity index (χ1) is 18.2. The molecule has 0 saturated carbocycles. The Labute approximate surface area is 216 Å². The van der Waals surface area contributed by atoms with Crippen LogP contribution in [0.2, 0.25) is 0 Å². The minimum Gasteiger partial charge on any atom is -0.497 e. The third-order valence-electron chi connectivity index (χ3n) is 6.67. The van der Waals surface area contributed by atoms with E-state index in [0.29, 0.717) is 42.8 Å². The lowest BCUT2D eigenvalue weighted by atomic mass is 9.89. The highest BCUT2D eigenvalue weighted by Gasteiger charge is 2.33. The summed E-state index contributed by atoms with van der Waals surface area (Å²) in [6, 6.07) is 14.0. The van der Waals surface area contributed by atoms with Gasteiger partial charge in [0.2, 0.25) is 0 Å². The topological polar surface area (TPSA) is 88.8 Å². The zero-order valence-electron chi connectivity index (χ0n) is 20.4. The van der Waals surface area contributed by atoms with E-state index in [1.807, 2.05) is 24.3 Å². The van der Waals surface area contributed by atoms with E-state index in [2.05, 4.69) is 15.4 Å². The van der Waals surface area contributed by atoms with Gasteiger partial charge >= 0.3 is 6.18 Å².